The molecule has 0 atom stereocenters. The lowest BCUT2D eigenvalue weighted by Crippen LogP contribution is -2.39. The van der Waals surface area contributed by atoms with Gasteiger partial charge in [-0.15, -0.1) is 0 Å². The number of thioether (sulfide) groups is 1. The summed E-state index contributed by atoms with van der Waals surface area (Å²) in [7, 11) is 1.79. The molecular weight excluding hydrogens is 414 g/mol. The van der Waals surface area contributed by atoms with Crippen LogP contribution >= 0.6 is 11.8 Å². The van der Waals surface area contributed by atoms with E-state index in [-0.39, 0.29) is 17.4 Å². The van der Waals surface area contributed by atoms with Crippen LogP contribution in [-0.2, 0) is 20.1 Å². The van der Waals surface area contributed by atoms with Crippen molar-refractivity contribution in [3.8, 4) is 5.88 Å². The summed E-state index contributed by atoms with van der Waals surface area (Å²) in [5, 5.41) is 0. The molecule has 9 heteroatoms. The Morgan fingerprint density at radius 1 is 1.13 bits per heavy atom. The first-order valence-electron chi connectivity index (χ1n) is 10.6. The highest BCUT2D eigenvalue weighted by Gasteiger charge is 2.18. The van der Waals surface area contributed by atoms with Crippen LogP contribution in [0.25, 0.3) is 23.3 Å². The summed E-state index contributed by atoms with van der Waals surface area (Å²) in [4.78, 5) is 34.4. The number of rotatable bonds is 6. The number of aryl methyl sites for hydroxylation is 2. The highest BCUT2D eigenvalue weighted by Crippen LogP contribution is 2.22. The van der Waals surface area contributed by atoms with Gasteiger partial charge >= 0.3 is 5.69 Å². The maximum Gasteiger partial charge on any atom is 0.332 e. The molecule has 0 aliphatic carbocycles. The van der Waals surface area contributed by atoms with Crippen LogP contribution in [0, 0.1) is 0 Å². The van der Waals surface area contributed by atoms with Crippen molar-refractivity contribution in [3.63, 3.8) is 0 Å². The van der Waals surface area contributed by atoms with Gasteiger partial charge in [-0.2, -0.15) is 11.8 Å². The van der Waals surface area contributed by atoms with Crippen molar-refractivity contribution >= 4 is 35.1 Å². The SMILES string of the molecule is CCn1c(=O)c2c(nc(/C=C/c3ccc(OC4CCSCC4)nc3)n2C)n(CC)c1=O. The summed E-state index contributed by atoms with van der Waals surface area (Å²) in [6.07, 6.45) is 7.85. The Hall–Kier alpha value is -2.81. The summed E-state index contributed by atoms with van der Waals surface area (Å²) < 4.78 is 10.5. The molecule has 1 fully saturated rings. The van der Waals surface area contributed by atoms with Gasteiger partial charge in [0.1, 0.15) is 11.9 Å². The maximum atomic E-state index is 12.8. The monoisotopic (exact) mass is 441 g/mol. The Labute approximate surface area is 184 Å². The minimum Gasteiger partial charge on any atom is -0.474 e. The normalized spacial score (nSPS) is 15.2. The van der Waals surface area contributed by atoms with Gasteiger partial charge in [0.25, 0.3) is 5.56 Å². The molecule has 1 saturated heterocycles. The van der Waals surface area contributed by atoms with Gasteiger partial charge in [0.2, 0.25) is 5.88 Å². The number of pyridine rings is 1. The first-order chi connectivity index (χ1) is 15.0. The second-order valence-electron chi connectivity index (χ2n) is 7.47. The molecule has 4 heterocycles. The van der Waals surface area contributed by atoms with Crippen molar-refractivity contribution in [2.24, 2.45) is 7.05 Å². The highest BCUT2D eigenvalue weighted by atomic mass is 32.2. The van der Waals surface area contributed by atoms with E-state index in [1.165, 1.54) is 9.13 Å². The molecule has 0 saturated carbocycles. The van der Waals surface area contributed by atoms with Gasteiger partial charge in [0.15, 0.2) is 11.2 Å². The lowest BCUT2D eigenvalue weighted by molar-refractivity contribution is 0.184. The summed E-state index contributed by atoms with van der Waals surface area (Å²) in [6.45, 7) is 4.43. The Morgan fingerprint density at radius 3 is 2.52 bits per heavy atom. The van der Waals surface area contributed by atoms with Gasteiger partial charge in [-0.05, 0) is 62.0 Å². The van der Waals surface area contributed by atoms with E-state index in [0.29, 0.717) is 36.0 Å². The summed E-state index contributed by atoms with van der Waals surface area (Å²) in [5.41, 5.74) is 1.10. The van der Waals surface area contributed by atoms with Gasteiger partial charge in [0, 0.05) is 32.4 Å². The van der Waals surface area contributed by atoms with E-state index in [9.17, 15) is 9.59 Å². The lowest BCUT2D eigenvalue weighted by Gasteiger charge is -2.21. The molecule has 0 aromatic carbocycles. The molecule has 1 aliphatic heterocycles. The van der Waals surface area contributed by atoms with Crippen LogP contribution in [0.1, 0.15) is 38.1 Å². The molecule has 8 nitrogen and oxygen atoms in total. The number of imidazole rings is 1. The molecule has 164 valence electrons. The van der Waals surface area contributed by atoms with Crippen LogP contribution in [0.4, 0.5) is 0 Å². The molecule has 3 aromatic heterocycles. The van der Waals surface area contributed by atoms with Crippen LogP contribution in [0.5, 0.6) is 5.88 Å². The fraction of sp³-hybridized carbons (Fsp3) is 0.455. The minimum atomic E-state index is -0.326. The van der Waals surface area contributed by atoms with Crippen molar-refractivity contribution in [3.05, 3.63) is 50.6 Å². The average molecular weight is 442 g/mol. The van der Waals surface area contributed by atoms with Gasteiger partial charge in [0.05, 0.1) is 0 Å². The third kappa shape index (κ3) is 4.19. The van der Waals surface area contributed by atoms with Gasteiger partial charge < -0.3 is 9.30 Å². The first kappa shape index (κ1) is 21.4. The van der Waals surface area contributed by atoms with Crippen molar-refractivity contribution in [1.82, 2.24) is 23.7 Å². The highest BCUT2D eigenvalue weighted by molar-refractivity contribution is 7.99. The van der Waals surface area contributed by atoms with Crippen LogP contribution in [0.3, 0.4) is 0 Å². The van der Waals surface area contributed by atoms with Gasteiger partial charge in [-0.3, -0.25) is 13.9 Å². The van der Waals surface area contributed by atoms with E-state index in [4.69, 9.17) is 4.74 Å². The standard InChI is InChI=1S/C22H27N5O3S/c1-4-26-20-19(21(28)27(5-2)22(26)29)25(3)17(24-20)8-6-15-7-9-18(23-14-15)30-16-10-12-31-13-11-16/h6-9,14,16H,4-5,10-13H2,1-3H3/b8-6+. The molecular formula is C22H27N5O3S. The molecule has 0 spiro atoms. The van der Waals surface area contributed by atoms with Crippen LogP contribution in [0.15, 0.2) is 27.9 Å². The van der Waals surface area contributed by atoms with E-state index < -0.39 is 0 Å². The number of aromatic nitrogens is 5. The molecule has 1 aliphatic rings. The van der Waals surface area contributed by atoms with Crippen molar-refractivity contribution in [2.45, 2.75) is 45.9 Å². The first-order valence-corrected chi connectivity index (χ1v) is 11.8. The fourth-order valence-corrected chi connectivity index (χ4v) is 4.85. The third-order valence-electron chi connectivity index (χ3n) is 5.55. The Morgan fingerprint density at radius 2 is 1.87 bits per heavy atom. The van der Waals surface area contributed by atoms with Crippen LogP contribution in [0.2, 0.25) is 0 Å². The molecule has 3 aromatic rings. The Bertz CT molecular complexity index is 1220. The third-order valence-corrected chi connectivity index (χ3v) is 6.60. The molecule has 0 bridgehead atoms. The smallest absolute Gasteiger partial charge is 0.332 e. The zero-order valence-corrected chi connectivity index (χ0v) is 18.9. The van der Waals surface area contributed by atoms with Gasteiger partial charge in [-0.25, -0.2) is 14.8 Å². The van der Waals surface area contributed by atoms with Crippen molar-refractivity contribution < 1.29 is 4.74 Å². The summed E-state index contributed by atoms with van der Waals surface area (Å²) >= 11 is 1.97. The quantitative estimate of drug-likeness (QED) is 0.585. The largest absolute Gasteiger partial charge is 0.474 e. The van der Waals surface area contributed by atoms with Crippen molar-refractivity contribution in [2.75, 3.05) is 11.5 Å². The fourth-order valence-electron chi connectivity index (χ4n) is 3.79. The number of hydrogen-bond donors (Lipinski definition) is 0. The van der Waals surface area contributed by atoms with Gasteiger partial charge in [-0.1, -0.05) is 0 Å². The van der Waals surface area contributed by atoms with E-state index in [1.54, 1.807) is 24.7 Å². The summed E-state index contributed by atoms with van der Waals surface area (Å²) in [6, 6.07) is 3.83. The molecule has 0 radical (unpaired) electrons. The predicted octanol–water partition coefficient (Wildman–Crippen LogP) is 2.78. The number of ether oxygens (including phenoxy) is 1. The molecule has 31 heavy (non-hydrogen) atoms. The molecule has 0 unspecified atom stereocenters. The van der Waals surface area contributed by atoms with Crippen LogP contribution in [-0.4, -0.2) is 41.3 Å². The number of hydrogen-bond acceptors (Lipinski definition) is 6. The molecule has 0 amide bonds. The number of fused-ring (bicyclic) bond motifs is 1. The average Bonchev–Trinajstić information content (AvgIpc) is 3.11. The lowest BCUT2D eigenvalue weighted by atomic mass is 10.2. The number of nitrogens with zero attached hydrogens (tertiary/aromatic N) is 5. The zero-order chi connectivity index (χ0) is 22.0. The Balaban J connectivity index is 1.61. The van der Waals surface area contributed by atoms with E-state index in [2.05, 4.69) is 9.97 Å². The van der Waals surface area contributed by atoms with Crippen molar-refractivity contribution in [1.29, 1.82) is 0 Å². The molecule has 0 N–H and O–H groups in total. The second-order valence-corrected chi connectivity index (χ2v) is 8.69. The minimum absolute atomic E-state index is 0.249. The second kappa shape index (κ2) is 9.13. The molecule has 4 rings (SSSR count). The topological polar surface area (TPSA) is 83.9 Å². The van der Waals surface area contributed by atoms with E-state index in [0.717, 1.165) is 29.9 Å². The van der Waals surface area contributed by atoms with E-state index >= 15 is 0 Å². The van der Waals surface area contributed by atoms with Crippen LogP contribution < -0.4 is 16.0 Å². The zero-order valence-electron chi connectivity index (χ0n) is 18.1. The summed E-state index contributed by atoms with van der Waals surface area (Å²) in [5.74, 6) is 3.52. The maximum absolute atomic E-state index is 12.8. The Kier molecular flexibility index (Phi) is 6.31. The predicted molar refractivity (Wildman–Crippen MR) is 125 cm³/mol. The van der Waals surface area contributed by atoms with E-state index in [1.807, 2.05) is 43.0 Å².